The highest BCUT2D eigenvalue weighted by Crippen LogP contribution is 2.41. The SMILES string of the molecule is O=C(NC1CCN(CC2=CCCCCC2)CC1)C(O)(c1ccccc1)C1CCCC1. The van der Waals surface area contributed by atoms with Gasteiger partial charge in [0.25, 0.3) is 5.91 Å². The number of piperidine rings is 1. The number of nitrogens with one attached hydrogen (secondary N) is 1. The van der Waals surface area contributed by atoms with Crippen molar-refractivity contribution in [3.05, 3.63) is 47.5 Å². The molecule has 0 radical (unpaired) electrons. The van der Waals surface area contributed by atoms with Crippen molar-refractivity contribution >= 4 is 5.91 Å². The molecule has 1 unspecified atom stereocenters. The summed E-state index contributed by atoms with van der Waals surface area (Å²) in [6.45, 7) is 3.14. The second-order valence-corrected chi connectivity index (χ2v) is 9.60. The van der Waals surface area contributed by atoms with Crippen LogP contribution in [0.4, 0.5) is 0 Å². The molecule has 1 saturated carbocycles. The number of carbonyl (C=O) groups excluding carboxylic acids is 1. The number of hydrogen-bond donors (Lipinski definition) is 2. The van der Waals surface area contributed by atoms with Crippen molar-refractivity contribution < 1.29 is 9.90 Å². The van der Waals surface area contributed by atoms with E-state index in [1.54, 1.807) is 5.57 Å². The number of benzene rings is 1. The Hall–Kier alpha value is -1.65. The normalized spacial score (nSPS) is 24.1. The van der Waals surface area contributed by atoms with Gasteiger partial charge in [0.1, 0.15) is 0 Å². The van der Waals surface area contributed by atoms with Gasteiger partial charge in [-0.05, 0) is 56.9 Å². The fourth-order valence-electron chi connectivity index (χ4n) is 5.63. The van der Waals surface area contributed by atoms with Crippen LogP contribution < -0.4 is 5.32 Å². The molecule has 30 heavy (non-hydrogen) atoms. The van der Waals surface area contributed by atoms with Gasteiger partial charge in [-0.2, -0.15) is 0 Å². The van der Waals surface area contributed by atoms with Gasteiger partial charge in [0.05, 0.1) is 0 Å². The highest BCUT2D eigenvalue weighted by molar-refractivity contribution is 5.87. The number of rotatable bonds is 6. The average molecular weight is 411 g/mol. The predicted octanol–water partition coefficient (Wildman–Crippen LogP) is 4.54. The third-order valence-corrected chi connectivity index (χ3v) is 7.49. The van der Waals surface area contributed by atoms with Gasteiger partial charge in [0.15, 0.2) is 5.60 Å². The lowest BCUT2D eigenvalue weighted by Gasteiger charge is -2.37. The van der Waals surface area contributed by atoms with E-state index in [-0.39, 0.29) is 17.9 Å². The largest absolute Gasteiger partial charge is 0.375 e. The summed E-state index contributed by atoms with van der Waals surface area (Å²) in [5.74, 6) is -0.173. The number of nitrogens with zero attached hydrogens (tertiary/aromatic N) is 1. The van der Waals surface area contributed by atoms with Gasteiger partial charge in [-0.15, -0.1) is 0 Å². The molecule has 1 aliphatic heterocycles. The standard InChI is InChI=1S/C26H38N2O2/c29-25(26(30,23-14-8-9-15-23)22-12-6-3-7-13-22)27-24-16-18-28(19-17-24)20-21-10-4-1-2-5-11-21/h3,6-7,10,12-13,23-24,30H,1-2,4-5,8-9,11,14-20H2,(H,27,29). The Morgan fingerprint density at radius 2 is 1.73 bits per heavy atom. The number of allylic oxidation sites excluding steroid dienone is 1. The Kier molecular flexibility index (Phi) is 7.27. The van der Waals surface area contributed by atoms with Crippen molar-refractivity contribution in [3.63, 3.8) is 0 Å². The maximum absolute atomic E-state index is 13.4. The molecule has 1 heterocycles. The second kappa shape index (κ2) is 10.1. The van der Waals surface area contributed by atoms with Crippen LogP contribution in [-0.4, -0.2) is 41.6 Å². The minimum atomic E-state index is -1.40. The average Bonchev–Trinajstić information content (AvgIpc) is 3.21. The van der Waals surface area contributed by atoms with E-state index in [4.69, 9.17) is 0 Å². The monoisotopic (exact) mass is 410 g/mol. The molecule has 4 rings (SSSR count). The van der Waals surface area contributed by atoms with E-state index in [0.29, 0.717) is 0 Å². The molecule has 1 saturated heterocycles. The molecule has 0 spiro atoms. The fraction of sp³-hybridized carbons (Fsp3) is 0.654. The molecule has 2 fully saturated rings. The lowest BCUT2D eigenvalue weighted by atomic mass is 9.79. The summed E-state index contributed by atoms with van der Waals surface area (Å²) in [5, 5.41) is 14.9. The molecule has 0 aromatic heterocycles. The quantitative estimate of drug-likeness (QED) is 0.677. The summed E-state index contributed by atoms with van der Waals surface area (Å²) in [5.41, 5.74) is 0.946. The molecule has 4 heteroatoms. The lowest BCUT2D eigenvalue weighted by molar-refractivity contribution is -0.148. The van der Waals surface area contributed by atoms with Crippen LogP contribution in [-0.2, 0) is 10.4 Å². The molecular formula is C26H38N2O2. The Labute approximate surface area is 181 Å². The minimum Gasteiger partial charge on any atom is -0.375 e. The summed E-state index contributed by atoms with van der Waals surface area (Å²) in [6.07, 6.45) is 15.0. The molecule has 4 nitrogen and oxygen atoms in total. The minimum absolute atomic E-state index is 0.0159. The maximum Gasteiger partial charge on any atom is 0.257 e. The maximum atomic E-state index is 13.4. The van der Waals surface area contributed by atoms with E-state index in [9.17, 15) is 9.90 Å². The van der Waals surface area contributed by atoms with Crippen LogP contribution in [0.5, 0.6) is 0 Å². The van der Waals surface area contributed by atoms with Crippen molar-refractivity contribution in [3.8, 4) is 0 Å². The van der Waals surface area contributed by atoms with Crippen molar-refractivity contribution in [2.24, 2.45) is 5.92 Å². The first kappa shape index (κ1) is 21.6. The first-order valence-electron chi connectivity index (χ1n) is 12.2. The van der Waals surface area contributed by atoms with E-state index in [1.807, 2.05) is 30.3 Å². The highest BCUT2D eigenvalue weighted by atomic mass is 16.3. The number of aliphatic hydroxyl groups is 1. The van der Waals surface area contributed by atoms with Crippen LogP contribution in [0.15, 0.2) is 42.0 Å². The summed E-state index contributed by atoms with van der Waals surface area (Å²) in [6, 6.07) is 9.75. The van der Waals surface area contributed by atoms with Gasteiger partial charge in [-0.3, -0.25) is 9.69 Å². The molecule has 1 aromatic carbocycles. The molecule has 1 amide bonds. The predicted molar refractivity (Wildman–Crippen MR) is 121 cm³/mol. The van der Waals surface area contributed by atoms with Crippen molar-refractivity contribution in [2.45, 2.75) is 82.3 Å². The molecule has 0 bridgehead atoms. The van der Waals surface area contributed by atoms with Crippen LogP contribution >= 0.6 is 0 Å². The van der Waals surface area contributed by atoms with Crippen LogP contribution in [0.3, 0.4) is 0 Å². The Balaban J connectivity index is 1.35. The van der Waals surface area contributed by atoms with Gasteiger partial charge >= 0.3 is 0 Å². The zero-order valence-corrected chi connectivity index (χ0v) is 18.3. The van der Waals surface area contributed by atoms with E-state index in [1.165, 1.54) is 32.1 Å². The summed E-state index contributed by atoms with van der Waals surface area (Å²) in [7, 11) is 0. The second-order valence-electron chi connectivity index (χ2n) is 9.60. The number of amides is 1. The third kappa shape index (κ3) is 4.97. The van der Waals surface area contributed by atoms with Gasteiger partial charge in [0, 0.05) is 31.6 Å². The van der Waals surface area contributed by atoms with Crippen molar-refractivity contribution in [1.82, 2.24) is 10.2 Å². The Morgan fingerprint density at radius 1 is 1.00 bits per heavy atom. The molecular weight excluding hydrogens is 372 g/mol. The molecule has 1 atom stereocenters. The van der Waals surface area contributed by atoms with Crippen LogP contribution in [0.2, 0.25) is 0 Å². The van der Waals surface area contributed by atoms with Gasteiger partial charge in [-0.1, -0.05) is 61.2 Å². The van der Waals surface area contributed by atoms with Crippen LogP contribution in [0, 0.1) is 5.92 Å². The zero-order chi connectivity index (χ0) is 20.8. The van der Waals surface area contributed by atoms with Crippen LogP contribution in [0.25, 0.3) is 0 Å². The molecule has 1 aromatic rings. The molecule has 164 valence electrons. The first-order valence-corrected chi connectivity index (χ1v) is 12.2. The molecule has 3 aliphatic rings. The summed E-state index contributed by atoms with van der Waals surface area (Å²) < 4.78 is 0. The van der Waals surface area contributed by atoms with Gasteiger partial charge in [-0.25, -0.2) is 0 Å². The van der Waals surface area contributed by atoms with E-state index >= 15 is 0 Å². The van der Waals surface area contributed by atoms with Crippen LogP contribution in [0.1, 0.15) is 76.2 Å². The summed E-state index contributed by atoms with van der Waals surface area (Å²) in [4.78, 5) is 15.9. The third-order valence-electron chi connectivity index (χ3n) is 7.49. The number of likely N-dealkylation sites (tertiary alicyclic amines) is 1. The Morgan fingerprint density at radius 3 is 2.47 bits per heavy atom. The summed E-state index contributed by atoms with van der Waals surface area (Å²) >= 11 is 0. The first-order chi connectivity index (χ1) is 14.7. The number of hydrogen-bond acceptors (Lipinski definition) is 3. The Bertz CT molecular complexity index is 718. The lowest BCUT2D eigenvalue weighted by Crippen LogP contribution is -2.54. The topological polar surface area (TPSA) is 52.6 Å². The van der Waals surface area contributed by atoms with Crippen molar-refractivity contribution in [2.75, 3.05) is 19.6 Å². The van der Waals surface area contributed by atoms with E-state index < -0.39 is 5.60 Å². The van der Waals surface area contributed by atoms with Crippen molar-refractivity contribution in [1.29, 1.82) is 0 Å². The molecule has 2 N–H and O–H groups in total. The highest BCUT2D eigenvalue weighted by Gasteiger charge is 2.46. The zero-order valence-electron chi connectivity index (χ0n) is 18.3. The number of carbonyl (C=O) groups is 1. The smallest absolute Gasteiger partial charge is 0.257 e. The van der Waals surface area contributed by atoms with E-state index in [2.05, 4.69) is 16.3 Å². The molecule has 2 aliphatic carbocycles. The van der Waals surface area contributed by atoms with E-state index in [0.717, 1.165) is 63.7 Å². The fourth-order valence-corrected chi connectivity index (χ4v) is 5.63. The van der Waals surface area contributed by atoms with Gasteiger partial charge in [0.2, 0.25) is 0 Å². The van der Waals surface area contributed by atoms with Gasteiger partial charge < -0.3 is 10.4 Å².